The SMILES string of the molecule is O=C1CS[C@H]2[C@@H](O)[C@@H](O)[C@H](O)[C@H](CO)N12. The van der Waals surface area contributed by atoms with Gasteiger partial charge in [-0.05, 0) is 0 Å². The first-order chi connectivity index (χ1) is 7.07. The number of hydrogen-bond acceptors (Lipinski definition) is 6. The van der Waals surface area contributed by atoms with E-state index >= 15 is 0 Å². The summed E-state index contributed by atoms with van der Waals surface area (Å²) in [5.74, 6) is -0.0217. The first-order valence-electron chi connectivity index (χ1n) is 4.65. The first-order valence-corrected chi connectivity index (χ1v) is 5.70. The van der Waals surface area contributed by atoms with Crippen molar-refractivity contribution >= 4 is 17.7 Å². The monoisotopic (exact) mass is 235 g/mol. The van der Waals surface area contributed by atoms with E-state index in [0.29, 0.717) is 0 Å². The Labute approximate surface area is 90.5 Å². The maximum Gasteiger partial charge on any atom is 0.234 e. The number of aliphatic hydroxyl groups is 4. The van der Waals surface area contributed by atoms with Crippen molar-refractivity contribution in [2.75, 3.05) is 12.4 Å². The Hall–Kier alpha value is -0.340. The molecule has 0 bridgehead atoms. The summed E-state index contributed by atoms with van der Waals surface area (Å²) in [6.07, 6.45) is -3.79. The Morgan fingerprint density at radius 2 is 1.93 bits per heavy atom. The quantitative estimate of drug-likeness (QED) is 0.396. The molecule has 0 aliphatic carbocycles. The van der Waals surface area contributed by atoms with Crippen molar-refractivity contribution in [2.24, 2.45) is 0 Å². The fourth-order valence-corrected chi connectivity index (χ4v) is 3.30. The third kappa shape index (κ3) is 1.55. The summed E-state index contributed by atoms with van der Waals surface area (Å²) in [4.78, 5) is 12.7. The van der Waals surface area contributed by atoms with Crippen molar-refractivity contribution in [3.63, 3.8) is 0 Å². The van der Waals surface area contributed by atoms with Crippen LogP contribution in [0.2, 0.25) is 0 Å². The maximum atomic E-state index is 11.5. The fourth-order valence-electron chi connectivity index (χ4n) is 2.05. The van der Waals surface area contributed by atoms with E-state index in [1.807, 2.05) is 0 Å². The van der Waals surface area contributed by atoms with Crippen molar-refractivity contribution in [1.29, 1.82) is 0 Å². The third-order valence-corrected chi connectivity index (χ3v) is 4.13. The maximum absolute atomic E-state index is 11.5. The molecule has 2 saturated heterocycles. The number of carbonyl (C=O) groups excluding carboxylic acids is 1. The highest BCUT2D eigenvalue weighted by molar-refractivity contribution is 8.01. The molecule has 7 heteroatoms. The number of thioether (sulfide) groups is 1. The molecule has 0 aromatic carbocycles. The Balaban J connectivity index is 2.28. The predicted octanol–water partition coefficient (Wildman–Crippen LogP) is -2.65. The van der Waals surface area contributed by atoms with Crippen LogP contribution < -0.4 is 0 Å². The molecular formula is C8H13NO5S. The van der Waals surface area contributed by atoms with E-state index in [2.05, 4.69) is 0 Å². The van der Waals surface area contributed by atoms with E-state index in [-0.39, 0.29) is 11.7 Å². The Morgan fingerprint density at radius 3 is 2.53 bits per heavy atom. The minimum atomic E-state index is -1.32. The van der Waals surface area contributed by atoms with Gasteiger partial charge < -0.3 is 25.3 Å². The zero-order valence-electron chi connectivity index (χ0n) is 7.85. The molecular weight excluding hydrogens is 222 g/mol. The van der Waals surface area contributed by atoms with Gasteiger partial charge in [0.25, 0.3) is 0 Å². The van der Waals surface area contributed by atoms with Gasteiger partial charge in [-0.15, -0.1) is 11.8 Å². The molecule has 0 unspecified atom stereocenters. The molecule has 86 valence electrons. The second-order valence-electron chi connectivity index (χ2n) is 3.72. The average molecular weight is 235 g/mol. The lowest BCUT2D eigenvalue weighted by Gasteiger charge is -2.44. The molecule has 0 aromatic rings. The van der Waals surface area contributed by atoms with Crippen LogP contribution in [0, 0.1) is 0 Å². The number of aliphatic hydroxyl groups excluding tert-OH is 4. The predicted molar refractivity (Wildman–Crippen MR) is 52.0 cm³/mol. The molecule has 15 heavy (non-hydrogen) atoms. The summed E-state index contributed by atoms with van der Waals surface area (Å²) < 4.78 is 0. The second kappa shape index (κ2) is 3.91. The number of nitrogens with zero attached hydrogens (tertiary/aromatic N) is 1. The van der Waals surface area contributed by atoms with E-state index in [1.165, 1.54) is 16.7 Å². The Morgan fingerprint density at radius 1 is 1.27 bits per heavy atom. The third-order valence-electron chi connectivity index (χ3n) is 2.87. The van der Waals surface area contributed by atoms with Gasteiger partial charge in [0.05, 0.1) is 18.4 Å². The van der Waals surface area contributed by atoms with Crippen LogP contribution in [0.25, 0.3) is 0 Å². The Kier molecular flexibility index (Phi) is 2.91. The topological polar surface area (TPSA) is 101 Å². The van der Waals surface area contributed by atoms with Crippen LogP contribution in [-0.2, 0) is 4.79 Å². The van der Waals surface area contributed by atoms with Gasteiger partial charge in [-0.25, -0.2) is 0 Å². The van der Waals surface area contributed by atoms with Crippen molar-refractivity contribution in [2.45, 2.75) is 29.7 Å². The molecule has 2 fully saturated rings. The minimum Gasteiger partial charge on any atom is -0.394 e. The van der Waals surface area contributed by atoms with Gasteiger partial charge in [0.2, 0.25) is 5.91 Å². The van der Waals surface area contributed by atoms with Crippen LogP contribution >= 0.6 is 11.8 Å². The molecule has 0 spiro atoms. The molecule has 0 radical (unpaired) electrons. The molecule has 0 aromatic heterocycles. The van der Waals surface area contributed by atoms with Crippen LogP contribution in [0.3, 0.4) is 0 Å². The molecule has 4 N–H and O–H groups in total. The highest BCUT2D eigenvalue weighted by atomic mass is 32.2. The van der Waals surface area contributed by atoms with E-state index < -0.39 is 36.3 Å². The average Bonchev–Trinajstić information content (AvgIpc) is 2.59. The molecule has 0 saturated carbocycles. The number of hydrogen-bond donors (Lipinski definition) is 4. The number of piperidine rings is 1. The summed E-state index contributed by atoms with van der Waals surface area (Å²) in [5, 5.41) is 37.3. The molecule has 1 amide bonds. The second-order valence-corrected chi connectivity index (χ2v) is 4.83. The smallest absolute Gasteiger partial charge is 0.234 e. The highest BCUT2D eigenvalue weighted by Crippen LogP contribution is 2.36. The molecule has 2 rings (SSSR count). The van der Waals surface area contributed by atoms with Gasteiger partial charge in [-0.3, -0.25) is 4.79 Å². The van der Waals surface area contributed by atoms with E-state index in [4.69, 9.17) is 5.11 Å². The summed E-state index contributed by atoms with van der Waals surface area (Å²) in [6.45, 7) is -0.423. The molecule has 2 aliphatic rings. The number of fused-ring (bicyclic) bond motifs is 1. The van der Waals surface area contributed by atoms with Gasteiger partial charge in [0.15, 0.2) is 0 Å². The van der Waals surface area contributed by atoms with E-state index in [0.717, 1.165) is 0 Å². The van der Waals surface area contributed by atoms with Crippen molar-refractivity contribution in [3.05, 3.63) is 0 Å². The first kappa shape index (κ1) is 11.2. The van der Waals surface area contributed by atoms with Crippen molar-refractivity contribution in [1.82, 2.24) is 4.90 Å². The van der Waals surface area contributed by atoms with E-state index in [1.54, 1.807) is 0 Å². The van der Waals surface area contributed by atoms with Crippen LogP contribution in [0.15, 0.2) is 0 Å². The molecule has 6 nitrogen and oxygen atoms in total. The van der Waals surface area contributed by atoms with Crippen LogP contribution in [0.4, 0.5) is 0 Å². The number of rotatable bonds is 1. The normalized spacial score (nSPS) is 45.7. The summed E-state index contributed by atoms with van der Waals surface area (Å²) in [5.41, 5.74) is 0. The van der Waals surface area contributed by atoms with Gasteiger partial charge >= 0.3 is 0 Å². The highest BCUT2D eigenvalue weighted by Gasteiger charge is 2.52. The number of amides is 1. The zero-order valence-corrected chi connectivity index (χ0v) is 8.67. The van der Waals surface area contributed by atoms with Gasteiger partial charge in [-0.2, -0.15) is 0 Å². The Bertz CT molecular complexity index is 276. The van der Waals surface area contributed by atoms with Gasteiger partial charge in [-0.1, -0.05) is 0 Å². The van der Waals surface area contributed by atoms with Crippen molar-refractivity contribution < 1.29 is 25.2 Å². The summed E-state index contributed by atoms with van der Waals surface area (Å²) in [6, 6.07) is -0.823. The largest absolute Gasteiger partial charge is 0.394 e. The van der Waals surface area contributed by atoms with Gasteiger partial charge in [0, 0.05) is 0 Å². The molecule has 2 heterocycles. The summed E-state index contributed by atoms with van der Waals surface area (Å²) >= 11 is 1.21. The van der Waals surface area contributed by atoms with Crippen LogP contribution in [0.1, 0.15) is 0 Å². The lowest BCUT2D eigenvalue weighted by Crippen LogP contribution is -2.65. The molecule has 5 atom stereocenters. The minimum absolute atomic E-state index is 0.206. The standard InChI is InChI=1S/C8H13NO5S/c10-1-3-5(12)6(13)7(14)8-9(3)4(11)2-15-8/h3,5-8,10,12-14H,1-2H2/t3-,5+,6-,7-,8-/m0/s1. The summed E-state index contributed by atoms with van der Waals surface area (Å²) in [7, 11) is 0. The lowest BCUT2D eigenvalue weighted by atomic mass is 9.94. The fraction of sp³-hybridized carbons (Fsp3) is 0.875. The molecule has 2 aliphatic heterocycles. The van der Waals surface area contributed by atoms with Crippen LogP contribution in [-0.4, -0.2) is 73.3 Å². The van der Waals surface area contributed by atoms with Crippen molar-refractivity contribution in [3.8, 4) is 0 Å². The number of carbonyl (C=O) groups is 1. The van der Waals surface area contributed by atoms with E-state index in [9.17, 15) is 20.1 Å². The van der Waals surface area contributed by atoms with Gasteiger partial charge in [0.1, 0.15) is 23.7 Å². The van der Waals surface area contributed by atoms with Crippen LogP contribution in [0.5, 0.6) is 0 Å². The lowest BCUT2D eigenvalue weighted by molar-refractivity contribution is -0.166. The zero-order chi connectivity index (χ0) is 11.2.